The number of aliphatic carboxylic acids is 1. The van der Waals surface area contributed by atoms with Crippen LogP contribution in [0.5, 0.6) is 23.0 Å². The number of amides is 1. The summed E-state index contributed by atoms with van der Waals surface area (Å²) >= 11 is 11.2. The van der Waals surface area contributed by atoms with E-state index in [0.29, 0.717) is 75.8 Å². The Hall–Kier alpha value is -13.2. The Morgan fingerprint density at radius 2 is 1.15 bits per heavy atom. The zero-order valence-corrected chi connectivity index (χ0v) is 66.5. The molecule has 11 heterocycles. The van der Waals surface area contributed by atoms with E-state index < -0.39 is 28.9 Å². The van der Waals surface area contributed by atoms with Crippen LogP contribution in [0.15, 0.2) is 223 Å². The fourth-order valence-corrected chi connectivity index (χ4v) is 12.0. The number of aromatic nitrogens is 11. The maximum Gasteiger partial charge on any atom is 0.334 e. The SMILES string of the molecule is CCC(=O)O.CCC(=O)OC.COC(=O)/C(C)=C/N(C)C.Cc1ccn2c(=O)c(OCc3ccccc3)cnc2c1.Cc1sc2c(c1C)C(c1ccc(Cl)cc1)=N[C@@H](CC(=O)Nc1ccn3c(=O)c(O)cnc3c1)c1nnc(C)n1-2.Nc1ccn2c(=O)c(O)cnc2c1.O=c1c(OCc2ccccc2)cnc2cc(Br)ccn12. The number of nitrogens with two attached hydrogens (primary N) is 1. The van der Waals surface area contributed by atoms with Crippen molar-refractivity contribution >= 4 is 102 Å². The summed E-state index contributed by atoms with van der Waals surface area (Å²) < 4.78 is 28.1. The van der Waals surface area contributed by atoms with Crippen LogP contribution in [-0.2, 0) is 41.9 Å². The predicted octanol–water partition coefficient (Wildman–Crippen LogP) is 11.8. The van der Waals surface area contributed by atoms with Crippen molar-refractivity contribution in [2.45, 2.75) is 87.0 Å². The number of anilines is 2. The van der Waals surface area contributed by atoms with E-state index in [-0.39, 0.29) is 59.1 Å². The van der Waals surface area contributed by atoms with Crippen molar-refractivity contribution in [2.24, 2.45) is 4.99 Å². The van der Waals surface area contributed by atoms with Gasteiger partial charge in [0.25, 0.3) is 22.2 Å². The van der Waals surface area contributed by atoms with Crippen LogP contribution in [0.2, 0.25) is 5.02 Å². The smallest absolute Gasteiger partial charge is 0.334 e. The Bertz CT molecular complexity index is 5730. The van der Waals surface area contributed by atoms with Crippen LogP contribution < -0.4 is 42.8 Å². The molecule has 3 aromatic carbocycles. The molecule has 0 aliphatic carbocycles. The van der Waals surface area contributed by atoms with Crippen LogP contribution in [0.3, 0.4) is 0 Å². The second-order valence-corrected chi connectivity index (χ2v) is 27.3. The van der Waals surface area contributed by atoms with Crippen LogP contribution >= 0.6 is 38.9 Å². The number of carboxylic acid groups (broad SMARTS) is 1. The number of aryl methyl sites for hydroxylation is 3. The first-order valence-corrected chi connectivity index (χ1v) is 36.5. The Labute approximate surface area is 664 Å². The first kappa shape index (κ1) is 85.4. The van der Waals surface area contributed by atoms with Crippen molar-refractivity contribution in [1.29, 1.82) is 0 Å². The van der Waals surface area contributed by atoms with Gasteiger partial charge in [0, 0.05) is 113 Å². The number of thiophene rings is 1. The van der Waals surface area contributed by atoms with Gasteiger partial charge in [-0.15, -0.1) is 21.5 Å². The number of nitrogen functional groups attached to an aromatic ring is 1. The number of esters is 2. The molecule has 0 fully saturated rings. The molecule has 0 bridgehead atoms. The van der Waals surface area contributed by atoms with Gasteiger partial charge in [0.1, 0.15) is 52.7 Å². The molecule has 1 aliphatic heterocycles. The van der Waals surface area contributed by atoms with Crippen LogP contribution in [-0.4, -0.2) is 130 Å². The highest BCUT2D eigenvalue weighted by atomic mass is 79.9. The Morgan fingerprint density at radius 1 is 0.646 bits per heavy atom. The van der Waals surface area contributed by atoms with Gasteiger partial charge in [-0.2, -0.15) is 0 Å². The third kappa shape index (κ3) is 23.2. The molecule has 14 rings (SSSR count). The molecule has 10 aromatic heterocycles. The molecule has 1 amide bonds. The van der Waals surface area contributed by atoms with Gasteiger partial charge < -0.3 is 50.2 Å². The van der Waals surface area contributed by atoms with Gasteiger partial charge >= 0.3 is 17.9 Å². The summed E-state index contributed by atoms with van der Waals surface area (Å²) in [6.45, 7) is 13.8. The normalized spacial score (nSPS) is 11.7. The number of nitrogens with one attached hydrogen (secondary N) is 1. The second-order valence-electron chi connectivity index (χ2n) is 24.7. The maximum absolute atomic E-state index is 13.3. The number of benzene rings is 3. The highest BCUT2D eigenvalue weighted by Gasteiger charge is 2.33. The fraction of sp³-hybridized carbons (Fsp3) is 0.212. The van der Waals surface area contributed by atoms with Gasteiger partial charge in [0.05, 0.1) is 51.1 Å². The van der Waals surface area contributed by atoms with Crippen molar-refractivity contribution < 1.29 is 53.4 Å². The highest BCUT2D eigenvalue weighted by Crippen LogP contribution is 2.40. The number of pyridine rings is 4. The van der Waals surface area contributed by atoms with E-state index in [4.69, 9.17) is 42.0 Å². The number of carbonyl (C=O) groups is 4. The standard InChI is InChI=1S/C27H22ClN7O3S.C16H14N2O2.C15H11BrN2O2.C8H7N3O2.C7H13NO2.C4H8O2.C3H6O2/c1-13-14(2)39-27-23(13)24(16-4-6-17(28)7-5-16)31-19(25-33-32-15(3)35(25)27)11-22(37)30-18-8-9-34-21(10-18)29-12-20(36)26(34)38;1-12-7-8-18-15(9-12)17-10-14(16(18)19)20-11-13-5-3-2-4-6-13;16-12-6-7-18-14(8-12)17-9-13(15(18)19)20-10-11-4-2-1-3-5-11;9-5-1-2-11-7(3-5)10-4-6(12)8(11)13;1-6(5-8(2)3)7(9)10-4;1-3-4(5)6-2;1-2-3(4)5/h4-10,12,19,36H,11H2,1-3H3,(H,30,37);2-10H,11H2,1H3;1-9H,10H2;1-4,12H,9H2;5H,1-4H3;3H2,1-2H3;2H2,1H3,(H,4,5)/b;;;;6-5+;;/t19-;;;;;;/m0....../s1. The number of rotatable bonds is 14. The number of aromatic hydroxyl groups is 2. The van der Waals surface area contributed by atoms with E-state index in [1.165, 1.54) is 56.6 Å². The lowest BCUT2D eigenvalue weighted by atomic mass is 9.99. The van der Waals surface area contributed by atoms with Gasteiger partial charge in [0.15, 0.2) is 5.82 Å². The zero-order chi connectivity index (χ0) is 82.2. The van der Waals surface area contributed by atoms with Gasteiger partial charge in [-0.05, 0) is 105 Å². The average molecular weight is 1640 g/mol. The highest BCUT2D eigenvalue weighted by molar-refractivity contribution is 9.10. The minimum absolute atomic E-state index is 0.00316. The maximum atomic E-state index is 13.3. The minimum Gasteiger partial charge on any atom is -0.502 e. The number of carbonyl (C=O) groups excluding carboxylic acids is 3. The summed E-state index contributed by atoms with van der Waals surface area (Å²) in [7, 11) is 6.46. The summed E-state index contributed by atoms with van der Waals surface area (Å²) in [5, 5.41) is 39.6. The summed E-state index contributed by atoms with van der Waals surface area (Å²) in [5.41, 5.74) is 14.3. The predicted molar refractivity (Wildman–Crippen MR) is 434 cm³/mol. The van der Waals surface area contributed by atoms with Gasteiger partial charge in [0.2, 0.25) is 28.9 Å². The molecule has 0 radical (unpaired) electrons. The van der Waals surface area contributed by atoms with Crippen LogP contribution in [0.25, 0.3) is 27.6 Å². The topological polar surface area (TPSA) is 388 Å². The van der Waals surface area contributed by atoms with Crippen LogP contribution in [0.4, 0.5) is 11.4 Å². The number of carboxylic acids is 1. The number of methoxy groups -OCH3 is 2. The lowest BCUT2D eigenvalue weighted by molar-refractivity contribution is -0.140. The number of nitrogens with zero attached hydrogens (tertiary/aromatic N) is 13. The number of aliphatic imine (C=N–C) groups is 1. The Kier molecular flexibility index (Phi) is 30.6. The molecule has 0 spiro atoms. The summed E-state index contributed by atoms with van der Waals surface area (Å²) in [6, 6.07) is 39.9. The van der Waals surface area contributed by atoms with E-state index in [2.05, 4.69) is 74.7 Å². The summed E-state index contributed by atoms with van der Waals surface area (Å²) in [6.07, 6.45) is 13.9. The largest absolute Gasteiger partial charge is 0.502 e. The van der Waals surface area contributed by atoms with Crippen molar-refractivity contribution in [3.05, 3.63) is 296 Å². The lowest BCUT2D eigenvalue weighted by Crippen LogP contribution is -2.18. The monoisotopic (exact) mass is 1640 g/mol. The first-order chi connectivity index (χ1) is 54.0. The van der Waals surface area contributed by atoms with Gasteiger partial charge in [-0.1, -0.05) is 114 Å². The third-order valence-corrected chi connectivity index (χ3v) is 18.1. The molecule has 1 aliphatic rings. The minimum atomic E-state index is -0.745. The molecule has 586 valence electrons. The van der Waals surface area contributed by atoms with E-state index in [9.17, 15) is 43.5 Å². The number of hydrogen-bond donors (Lipinski definition) is 5. The van der Waals surface area contributed by atoms with E-state index >= 15 is 0 Å². The number of fused-ring (bicyclic) bond motifs is 7. The quantitative estimate of drug-likeness (QED) is 0.0498. The summed E-state index contributed by atoms with van der Waals surface area (Å²) in [5.74, 6) is -0.517. The molecule has 6 N–H and O–H groups in total. The van der Waals surface area contributed by atoms with Gasteiger partial charge in [-0.25, -0.2) is 24.7 Å². The molecule has 13 aromatic rings. The molecule has 113 heavy (non-hydrogen) atoms. The Morgan fingerprint density at radius 3 is 1.67 bits per heavy atom. The molecule has 0 unspecified atom stereocenters. The molecule has 0 saturated heterocycles. The molecule has 33 heteroatoms. The van der Waals surface area contributed by atoms with Crippen LogP contribution in [0.1, 0.15) is 96.0 Å². The molecule has 0 saturated carbocycles. The molecule has 30 nitrogen and oxygen atoms in total. The van der Waals surface area contributed by atoms with Crippen molar-refractivity contribution in [3.63, 3.8) is 0 Å². The summed E-state index contributed by atoms with van der Waals surface area (Å²) in [4.78, 5) is 116. The van der Waals surface area contributed by atoms with E-state index in [0.717, 1.165) is 65.8 Å². The van der Waals surface area contributed by atoms with Crippen LogP contribution in [0, 0.1) is 27.7 Å². The number of hydrogen-bond acceptors (Lipinski definition) is 24. The number of halogens is 2. The second kappa shape index (κ2) is 40.5. The first-order valence-electron chi connectivity index (χ1n) is 34.6. The van der Waals surface area contributed by atoms with E-state index in [1.54, 1.807) is 92.0 Å². The third-order valence-electron chi connectivity index (χ3n) is 16.2. The molecular weight excluding hydrogens is 1560 g/mol. The number of ether oxygens (including phenoxy) is 4. The average Bonchev–Trinajstić information content (AvgIpc) is 1.59. The Balaban J connectivity index is 0.000000184. The zero-order valence-electron chi connectivity index (χ0n) is 63.3. The van der Waals surface area contributed by atoms with Gasteiger partial charge in [-0.3, -0.25) is 60.7 Å². The van der Waals surface area contributed by atoms with Crippen molar-refractivity contribution in [3.8, 4) is 28.0 Å². The fourth-order valence-electron chi connectivity index (χ4n) is 10.4. The molecule has 1 atom stereocenters. The van der Waals surface area contributed by atoms with Crippen molar-refractivity contribution in [1.82, 2.24) is 57.2 Å². The van der Waals surface area contributed by atoms with E-state index in [1.807, 2.05) is 130 Å². The van der Waals surface area contributed by atoms with Crippen molar-refractivity contribution in [2.75, 3.05) is 39.4 Å². The lowest BCUT2D eigenvalue weighted by Gasteiger charge is -2.13. The molecular formula is C80H81BrClN15O15S.